The lowest BCUT2D eigenvalue weighted by molar-refractivity contribution is 0.234. The molecule has 0 atom stereocenters. The summed E-state index contributed by atoms with van der Waals surface area (Å²) in [5.41, 5.74) is 2.41. The Labute approximate surface area is 869 Å². The van der Waals surface area contributed by atoms with E-state index < -0.39 is 0 Å². The number of ether oxygens (including phenoxy) is 6. The SMILES string of the molecule is CCCCCCCCCCCCCCCCCCOc1cc(Nc2nc(Nc3cc(OCCCCCCCCCCCCCCCCCC)c(OCCCCCCCCCCCCCCCCCC)c(OCCCCCCCCCCCCCCCCCC)c3)nc(-c3cc[c]cc3)n2)cc(OCCCCCCCCCCCCCCCCCC)c1OCCCCCCCCCCCCCCCCCC. The van der Waals surface area contributed by atoms with Crippen LogP contribution >= 0.6 is 0 Å². The highest BCUT2D eigenvalue weighted by molar-refractivity contribution is 5.70. The Bertz CT molecular complexity index is 2900. The van der Waals surface area contributed by atoms with Crippen LogP contribution < -0.4 is 39.1 Å². The van der Waals surface area contributed by atoms with Crippen LogP contribution in [0.25, 0.3) is 11.4 Å². The summed E-state index contributed by atoms with van der Waals surface area (Å²) in [5, 5.41) is 7.48. The lowest BCUT2D eigenvalue weighted by atomic mass is 10.0. The van der Waals surface area contributed by atoms with Crippen LogP contribution in [0.15, 0.2) is 48.5 Å². The van der Waals surface area contributed by atoms with Gasteiger partial charge in [0.05, 0.1) is 39.6 Å². The molecule has 11 heteroatoms. The van der Waals surface area contributed by atoms with Gasteiger partial charge in [-0.1, -0.05) is 644 Å². The van der Waals surface area contributed by atoms with E-state index in [1.165, 1.54) is 539 Å². The van der Waals surface area contributed by atoms with Crippen molar-refractivity contribution < 1.29 is 28.4 Å². The molecule has 0 saturated heterocycles. The van der Waals surface area contributed by atoms with E-state index in [4.69, 9.17) is 43.4 Å². The number of benzene rings is 3. The minimum absolute atomic E-state index is 0.401. The third-order valence-corrected chi connectivity index (χ3v) is 29.7. The molecule has 0 saturated carbocycles. The molecule has 1 radical (unpaired) electrons. The zero-order chi connectivity index (χ0) is 99.2. The van der Waals surface area contributed by atoms with Gasteiger partial charge in [0, 0.05) is 41.2 Å². The monoisotopic (exact) mass is 1950 g/mol. The Hall–Kier alpha value is -4.93. The number of unbranched alkanes of at least 4 members (excludes halogenated alkanes) is 90. The van der Waals surface area contributed by atoms with Crippen LogP contribution in [-0.4, -0.2) is 54.6 Å². The van der Waals surface area contributed by atoms with Crippen LogP contribution in [-0.2, 0) is 0 Å². The fourth-order valence-electron chi connectivity index (χ4n) is 20.4. The molecule has 0 unspecified atom stereocenters. The van der Waals surface area contributed by atoms with Crippen molar-refractivity contribution in [2.24, 2.45) is 0 Å². The summed E-state index contributed by atoms with van der Waals surface area (Å²) in [4.78, 5) is 15.8. The fraction of sp³-hybridized carbons (Fsp3) is 0.837. The Morgan fingerprint density at radius 2 is 0.321 bits per heavy atom. The molecule has 4 rings (SSSR count). The van der Waals surface area contributed by atoms with Gasteiger partial charge >= 0.3 is 0 Å². The lowest BCUT2D eigenvalue weighted by Gasteiger charge is -2.20. The van der Waals surface area contributed by atoms with Gasteiger partial charge in [-0.3, -0.25) is 0 Å². The first-order valence-electron chi connectivity index (χ1n) is 62.9. The van der Waals surface area contributed by atoms with Crippen molar-refractivity contribution in [1.82, 2.24) is 15.0 Å². The fourth-order valence-corrected chi connectivity index (χ4v) is 20.4. The molecule has 140 heavy (non-hydrogen) atoms. The van der Waals surface area contributed by atoms with E-state index in [1.807, 2.05) is 24.3 Å². The van der Waals surface area contributed by atoms with Crippen LogP contribution in [0.4, 0.5) is 23.3 Å². The van der Waals surface area contributed by atoms with Crippen molar-refractivity contribution in [3.05, 3.63) is 54.6 Å². The Morgan fingerprint density at radius 1 is 0.179 bits per heavy atom. The molecule has 0 fully saturated rings. The molecule has 3 aromatic carbocycles. The van der Waals surface area contributed by atoms with Gasteiger partial charge in [-0.15, -0.1) is 0 Å². The van der Waals surface area contributed by atoms with E-state index in [9.17, 15) is 0 Å². The molecule has 11 nitrogen and oxygen atoms in total. The Balaban J connectivity index is 1.66. The van der Waals surface area contributed by atoms with Gasteiger partial charge in [0.25, 0.3) is 0 Å². The maximum Gasteiger partial charge on any atom is 0.232 e. The first-order chi connectivity index (χ1) is 69.5. The predicted molar refractivity (Wildman–Crippen MR) is 614 cm³/mol. The van der Waals surface area contributed by atoms with Crippen molar-refractivity contribution in [3.63, 3.8) is 0 Å². The van der Waals surface area contributed by atoms with E-state index >= 15 is 0 Å². The predicted octanol–water partition coefficient (Wildman–Crippen LogP) is 44.7. The summed E-state index contributed by atoms with van der Waals surface area (Å²) in [6.07, 6.45) is 128. The first kappa shape index (κ1) is 127. The summed E-state index contributed by atoms with van der Waals surface area (Å²) in [6, 6.07) is 19.6. The highest BCUT2D eigenvalue weighted by atomic mass is 16.5. The second-order valence-electron chi connectivity index (χ2n) is 43.4. The third-order valence-electron chi connectivity index (χ3n) is 29.7. The van der Waals surface area contributed by atoms with Gasteiger partial charge in [0.1, 0.15) is 0 Å². The van der Waals surface area contributed by atoms with Gasteiger partial charge < -0.3 is 39.1 Å². The number of anilines is 4. The average Bonchev–Trinajstić information content (AvgIpc) is 0.806. The van der Waals surface area contributed by atoms with E-state index in [-0.39, 0.29) is 0 Å². The standard InChI is InChI=1S/C129H232N5O6/c1-7-13-19-25-31-37-43-49-55-61-67-73-79-85-91-100-108-135-121-114-119(115-122(136-109-101-92-86-80-74-68-62-56-50-44-38-32-26-20-14-8-2)125(121)139-112-104-95-89-83-77-71-65-59-53-47-41-35-29-23-17-11-5)130-128-132-127(118-106-98-97-99-107-118)133-129(134-128)131-120-116-123(137-110-102-93-87-81-75-69-63-57-51-45-39-33-27-21-15-9-3)126(140-113-105-96-90-84-78-72-66-60-54-48-42-36-30-24-18-12-6)124(117-120)138-111-103-94-88-82-76-70-64-58-52-46-40-34-28-22-16-10-4/h98-99,106-107,114-117H,7-96,100-105,108-113H2,1-6H3,(H2,130,131,132,133,134). The zero-order valence-corrected chi connectivity index (χ0v) is 94.0. The van der Waals surface area contributed by atoms with Gasteiger partial charge in [0.15, 0.2) is 28.8 Å². The van der Waals surface area contributed by atoms with E-state index in [0.29, 0.717) is 91.9 Å². The number of rotatable bonds is 113. The van der Waals surface area contributed by atoms with Gasteiger partial charge in [-0.2, -0.15) is 15.0 Å². The maximum absolute atomic E-state index is 7.03. The quantitative estimate of drug-likeness (QED) is 0.0412. The van der Waals surface area contributed by atoms with Crippen molar-refractivity contribution in [2.45, 2.75) is 658 Å². The maximum atomic E-state index is 7.03. The van der Waals surface area contributed by atoms with Gasteiger partial charge in [-0.05, 0) is 44.6 Å². The first-order valence-corrected chi connectivity index (χ1v) is 62.9. The lowest BCUT2D eigenvalue weighted by Crippen LogP contribution is -2.09. The number of aromatic nitrogens is 3. The summed E-state index contributed by atoms with van der Waals surface area (Å²) >= 11 is 0. The molecular formula is C129H232N5O6. The summed E-state index contributed by atoms with van der Waals surface area (Å²) in [7, 11) is 0. The van der Waals surface area contributed by atoms with Crippen LogP contribution in [0.1, 0.15) is 658 Å². The van der Waals surface area contributed by atoms with E-state index in [1.54, 1.807) is 0 Å². The average molecular weight is 1950 g/mol. The molecule has 0 bridgehead atoms. The molecule has 0 spiro atoms. The minimum atomic E-state index is 0.401. The normalized spacial score (nSPS) is 11.6. The van der Waals surface area contributed by atoms with Crippen LogP contribution in [0.3, 0.4) is 0 Å². The molecule has 809 valence electrons. The number of nitrogens with zero attached hydrogens (tertiary/aromatic N) is 3. The van der Waals surface area contributed by atoms with Crippen LogP contribution in [0.2, 0.25) is 0 Å². The van der Waals surface area contributed by atoms with Crippen molar-refractivity contribution in [1.29, 1.82) is 0 Å². The molecule has 0 aliphatic heterocycles. The van der Waals surface area contributed by atoms with Gasteiger partial charge in [-0.25, -0.2) is 0 Å². The second-order valence-corrected chi connectivity index (χ2v) is 43.4. The highest BCUT2D eigenvalue weighted by Crippen LogP contribution is 2.45. The highest BCUT2D eigenvalue weighted by Gasteiger charge is 2.22. The third kappa shape index (κ3) is 77.5. The zero-order valence-electron chi connectivity index (χ0n) is 94.0. The molecule has 0 aliphatic rings. The smallest absolute Gasteiger partial charge is 0.232 e. The topological polar surface area (TPSA) is 118 Å². The van der Waals surface area contributed by atoms with Crippen molar-refractivity contribution in [3.8, 4) is 45.9 Å². The largest absolute Gasteiger partial charge is 0.489 e. The van der Waals surface area contributed by atoms with E-state index in [0.717, 1.165) is 94.0 Å². The minimum Gasteiger partial charge on any atom is -0.489 e. The van der Waals surface area contributed by atoms with E-state index in [2.05, 4.69) is 82.5 Å². The van der Waals surface area contributed by atoms with Crippen LogP contribution in [0.5, 0.6) is 34.5 Å². The van der Waals surface area contributed by atoms with Crippen molar-refractivity contribution >= 4 is 23.3 Å². The molecular weight excluding hydrogens is 1720 g/mol. The molecule has 1 aromatic heterocycles. The number of hydrogen-bond acceptors (Lipinski definition) is 11. The van der Waals surface area contributed by atoms with Crippen molar-refractivity contribution in [2.75, 3.05) is 50.3 Å². The summed E-state index contributed by atoms with van der Waals surface area (Å²) in [6.45, 7) is 17.5. The second kappa shape index (κ2) is 101. The molecule has 4 aromatic rings. The molecule has 0 aliphatic carbocycles. The Kier molecular flexibility index (Phi) is 92.2. The van der Waals surface area contributed by atoms with Crippen LogP contribution in [0, 0.1) is 6.07 Å². The number of nitrogens with one attached hydrogen (secondary N) is 2. The molecule has 0 amide bonds. The number of hydrogen-bond donors (Lipinski definition) is 2. The molecule has 1 heterocycles. The summed E-state index contributed by atoms with van der Waals surface area (Å²) < 4.78 is 42.1. The van der Waals surface area contributed by atoms with Gasteiger partial charge in [0.2, 0.25) is 23.4 Å². The Morgan fingerprint density at radius 3 is 0.479 bits per heavy atom. The molecule has 2 N–H and O–H groups in total. The summed E-state index contributed by atoms with van der Waals surface area (Å²) in [5.74, 6) is 5.58.